The van der Waals surface area contributed by atoms with E-state index in [9.17, 15) is 4.79 Å². The van der Waals surface area contributed by atoms with Crippen LogP contribution in [-0.2, 0) is 4.74 Å². The lowest BCUT2D eigenvalue weighted by molar-refractivity contribution is 0.0857. The standard InChI is InChI=1S/C16H23NO3/c1-12(2)11-20-14-7-5-13(6-8-14)16(18)17-10-15-4-3-9-19-15/h5-8,12,15H,3-4,9-11H2,1-2H3,(H,17,18)/t15-/m0/s1. The van der Waals surface area contributed by atoms with E-state index in [1.807, 2.05) is 12.1 Å². The van der Waals surface area contributed by atoms with Gasteiger partial charge >= 0.3 is 0 Å². The van der Waals surface area contributed by atoms with E-state index in [1.165, 1.54) is 0 Å². The summed E-state index contributed by atoms with van der Waals surface area (Å²) in [5.74, 6) is 1.23. The van der Waals surface area contributed by atoms with Gasteiger partial charge in [-0.25, -0.2) is 0 Å². The van der Waals surface area contributed by atoms with E-state index in [0.717, 1.165) is 25.2 Å². The molecule has 0 aliphatic carbocycles. The molecule has 0 bridgehead atoms. The van der Waals surface area contributed by atoms with Crippen LogP contribution in [0.3, 0.4) is 0 Å². The molecule has 1 N–H and O–H groups in total. The summed E-state index contributed by atoms with van der Waals surface area (Å²) in [4.78, 5) is 12.0. The molecule has 0 spiro atoms. The van der Waals surface area contributed by atoms with Crippen LogP contribution < -0.4 is 10.1 Å². The van der Waals surface area contributed by atoms with Gasteiger partial charge in [-0.2, -0.15) is 0 Å². The summed E-state index contributed by atoms with van der Waals surface area (Å²) >= 11 is 0. The lowest BCUT2D eigenvalue weighted by Crippen LogP contribution is -2.31. The van der Waals surface area contributed by atoms with E-state index in [4.69, 9.17) is 9.47 Å². The second-order valence-electron chi connectivity index (χ2n) is 5.57. The molecule has 1 amide bonds. The van der Waals surface area contributed by atoms with E-state index in [0.29, 0.717) is 24.6 Å². The molecule has 4 heteroatoms. The second-order valence-corrected chi connectivity index (χ2v) is 5.57. The van der Waals surface area contributed by atoms with Crippen molar-refractivity contribution in [2.45, 2.75) is 32.8 Å². The molecule has 1 aliphatic heterocycles. The molecule has 1 aromatic carbocycles. The quantitative estimate of drug-likeness (QED) is 0.869. The van der Waals surface area contributed by atoms with E-state index < -0.39 is 0 Å². The Bertz CT molecular complexity index is 422. The Morgan fingerprint density at radius 3 is 2.75 bits per heavy atom. The van der Waals surface area contributed by atoms with Gasteiger partial charge in [0.15, 0.2) is 0 Å². The Morgan fingerprint density at radius 2 is 2.15 bits per heavy atom. The third-order valence-electron chi connectivity index (χ3n) is 3.21. The number of nitrogens with one attached hydrogen (secondary N) is 1. The Morgan fingerprint density at radius 1 is 1.40 bits per heavy atom. The average Bonchev–Trinajstić information content (AvgIpc) is 2.96. The maximum atomic E-state index is 12.0. The van der Waals surface area contributed by atoms with Crippen LogP contribution in [0.1, 0.15) is 37.0 Å². The largest absolute Gasteiger partial charge is 0.493 e. The zero-order valence-corrected chi connectivity index (χ0v) is 12.2. The fraction of sp³-hybridized carbons (Fsp3) is 0.562. The second kappa shape index (κ2) is 7.29. The zero-order valence-electron chi connectivity index (χ0n) is 12.2. The first-order valence-corrected chi connectivity index (χ1v) is 7.28. The molecule has 1 aliphatic rings. The van der Waals surface area contributed by atoms with Gasteiger partial charge in [-0.05, 0) is 43.0 Å². The number of rotatable bonds is 6. The van der Waals surface area contributed by atoms with Gasteiger partial charge < -0.3 is 14.8 Å². The highest BCUT2D eigenvalue weighted by Gasteiger charge is 2.16. The highest BCUT2D eigenvalue weighted by molar-refractivity contribution is 5.94. The maximum Gasteiger partial charge on any atom is 0.251 e. The predicted molar refractivity (Wildman–Crippen MR) is 78.1 cm³/mol. The fourth-order valence-electron chi connectivity index (χ4n) is 2.08. The minimum Gasteiger partial charge on any atom is -0.493 e. The fourth-order valence-corrected chi connectivity index (χ4v) is 2.08. The summed E-state index contributed by atoms with van der Waals surface area (Å²) in [7, 11) is 0. The number of carbonyl (C=O) groups excluding carboxylic acids is 1. The van der Waals surface area contributed by atoms with Crippen molar-refractivity contribution in [1.29, 1.82) is 0 Å². The number of hydrogen-bond acceptors (Lipinski definition) is 3. The molecule has 1 atom stereocenters. The lowest BCUT2D eigenvalue weighted by Gasteiger charge is -2.11. The third kappa shape index (κ3) is 4.53. The van der Waals surface area contributed by atoms with E-state index in [2.05, 4.69) is 19.2 Å². The first-order valence-electron chi connectivity index (χ1n) is 7.28. The van der Waals surface area contributed by atoms with Crippen molar-refractivity contribution < 1.29 is 14.3 Å². The molecular formula is C16H23NO3. The molecule has 110 valence electrons. The molecule has 0 unspecified atom stereocenters. The van der Waals surface area contributed by atoms with Gasteiger partial charge in [0, 0.05) is 18.7 Å². The van der Waals surface area contributed by atoms with Crippen molar-refractivity contribution in [3.63, 3.8) is 0 Å². The summed E-state index contributed by atoms with van der Waals surface area (Å²) in [6.45, 7) is 6.29. The van der Waals surface area contributed by atoms with Crippen LogP contribution in [0.25, 0.3) is 0 Å². The summed E-state index contributed by atoms with van der Waals surface area (Å²) < 4.78 is 11.1. The zero-order chi connectivity index (χ0) is 14.4. The number of amides is 1. The van der Waals surface area contributed by atoms with Crippen molar-refractivity contribution in [1.82, 2.24) is 5.32 Å². The van der Waals surface area contributed by atoms with Crippen LogP contribution in [0.4, 0.5) is 0 Å². The minimum atomic E-state index is -0.0593. The van der Waals surface area contributed by atoms with Gasteiger partial charge in [0.1, 0.15) is 5.75 Å². The van der Waals surface area contributed by atoms with E-state index >= 15 is 0 Å². The number of hydrogen-bond donors (Lipinski definition) is 1. The molecule has 4 nitrogen and oxygen atoms in total. The summed E-state index contributed by atoms with van der Waals surface area (Å²) in [5, 5.41) is 2.91. The molecule has 0 aromatic heterocycles. The third-order valence-corrected chi connectivity index (χ3v) is 3.21. The van der Waals surface area contributed by atoms with Crippen molar-refractivity contribution in [3.8, 4) is 5.75 Å². The summed E-state index contributed by atoms with van der Waals surface area (Å²) in [6, 6.07) is 7.26. The normalized spacial score (nSPS) is 18.2. The molecule has 1 fully saturated rings. The molecule has 1 heterocycles. The van der Waals surface area contributed by atoms with Crippen LogP contribution in [0.15, 0.2) is 24.3 Å². The Labute approximate surface area is 120 Å². The van der Waals surface area contributed by atoms with E-state index in [-0.39, 0.29) is 12.0 Å². The van der Waals surface area contributed by atoms with Crippen molar-refractivity contribution >= 4 is 5.91 Å². The Kier molecular flexibility index (Phi) is 5.41. The first-order chi connectivity index (χ1) is 9.65. The monoisotopic (exact) mass is 277 g/mol. The SMILES string of the molecule is CC(C)COc1ccc(C(=O)NC[C@@H]2CCCO2)cc1. The minimum absolute atomic E-state index is 0.0593. The van der Waals surface area contributed by atoms with Gasteiger partial charge in [0.25, 0.3) is 5.91 Å². The Hall–Kier alpha value is -1.55. The smallest absolute Gasteiger partial charge is 0.251 e. The molecule has 20 heavy (non-hydrogen) atoms. The van der Waals surface area contributed by atoms with Crippen LogP contribution in [-0.4, -0.2) is 31.8 Å². The number of ether oxygens (including phenoxy) is 2. The van der Waals surface area contributed by atoms with Crippen LogP contribution in [0.5, 0.6) is 5.75 Å². The van der Waals surface area contributed by atoms with Crippen LogP contribution in [0, 0.1) is 5.92 Å². The molecule has 2 rings (SSSR count). The van der Waals surface area contributed by atoms with Crippen molar-refractivity contribution in [2.75, 3.05) is 19.8 Å². The van der Waals surface area contributed by atoms with Gasteiger partial charge in [-0.1, -0.05) is 13.8 Å². The van der Waals surface area contributed by atoms with Gasteiger partial charge in [-0.3, -0.25) is 4.79 Å². The Balaban J connectivity index is 1.80. The van der Waals surface area contributed by atoms with Gasteiger partial charge in [-0.15, -0.1) is 0 Å². The average molecular weight is 277 g/mol. The topological polar surface area (TPSA) is 47.6 Å². The molecule has 0 saturated carbocycles. The number of benzene rings is 1. The number of carbonyl (C=O) groups is 1. The lowest BCUT2D eigenvalue weighted by atomic mass is 10.2. The molecular weight excluding hydrogens is 254 g/mol. The maximum absolute atomic E-state index is 12.0. The van der Waals surface area contributed by atoms with Crippen molar-refractivity contribution in [3.05, 3.63) is 29.8 Å². The van der Waals surface area contributed by atoms with Gasteiger partial charge in [0.2, 0.25) is 0 Å². The summed E-state index contributed by atoms with van der Waals surface area (Å²) in [6.07, 6.45) is 2.29. The first kappa shape index (κ1) is 14.9. The van der Waals surface area contributed by atoms with Crippen molar-refractivity contribution in [2.24, 2.45) is 5.92 Å². The summed E-state index contributed by atoms with van der Waals surface area (Å²) in [5.41, 5.74) is 0.653. The highest BCUT2D eigenvalue weighted by atomic mass is 16.5. The predicted octanol–water partition coefficient (Wildman–Crippen LogP) is 2.63. The van der Waals surface area contributed by atoms with Gasteiger partial charge in [0.05, 0.1) is 12.7 Å². The van der Waals surface area contributed by atoms with E-state index in [1.54, 1.807) is 12.1 Å². The molecule has 1 saturated heterocycles. The van der Waals surface area contributed by atoms with Crippen LogP contribution >= 0.6 is 0 Å². The molecule has 1 aromatic rings. The highest BCUT2D eigenvalue weighted by Crippen LogP contribution is 2.14. The van der Waals surface area contributed by atoms with Crippen LogP contribution in [0.2, 0.25) is 0 Å². The molecule has 0 radical (unpaired) electrons.